The molecular weight excluding hydrogens is 387 g/mol. The van der Waals surface area contributed by atoms with Crippen LogP contribution in [0.25, 0.3) is 0 Å². The molecule has 0 fully saturated rings. The number of fused-ring (bicyclic) bond motifs is 1. The van der Waals surface area contributed by atoms with E-state index in [0.29, 0.717) is 27.8 Å². The van der Waals surface area contributed by atoms with Crippen molar-refractivity contribution in [3.63, 3.8) is 0 Å². The third kappa shape index (κ3) is 3.06. The molecule has 0 radical (unpaired) electrons. The maximum Gasteiger partial charge on any atom is 1.00 e. The molecule has 138 valence electrons. The van der Waals surface area contributed by atoms with Gasteiger partial charge in [0.25, 0.3) is 10.1 Å². The Morgan fingerprint density at radius 2 is 1.50 bits per heavy atom. The molecule has 1 aliphatic rings. The molecule has 0 bridgehead atoms. The van der Waals surface area contributed by atoms with E-state index in [-0.39, 0.29) is 46.0 Å². The van der Waals surface area contributed by atoms with Crippen LogP contribution in [-0.2, 0) is 19.9 Å². The van der Waals surface area contributed by atoms with Crippen molar-refractivity contribution >= 4 is 10.1 Å². The van der Waals surface area contributed by atoms with E-state index in [1.165, 1.54) is 24.3 Å². The molecule has 5 nitrogen and oxygen atoms in total. The van der Waals surface area contributed by atoms with Gasteiger partial charge in [0.15, 0.2) is 5.60 Å². The van der Waals surface area contributed by atoms with Crippen molar-refractivity contribution < 1.29 is 52.4 Å². The van der Waals surface area contributed by atoms with E-state index in [9.17, 15) is 18.6 Å². The van der Waals surface area contributed by atoms with Crippen molar-refractivity contribution in [3.8, 4) is 11.5 Å². The van der Waals surface area contributed by atoms with Gasteiger partial charge in [0, 0.05) is 5.56 Å². The Kier molecular flexibility index (Phi) is 5.38. The Labute approximate surface area is 186 Å². The number of rotatable bonds is 2. The third-order valence-corrected chi connectivity index (χ3v) is 6.30. The Bertz CT molecular complexity index is 1120. The zero-order valence-corrected chi connectivity index (χ0v) is 18.6. The van der Waals surface area contributed by atoms with E-state index in [2.05, 4.69) is 0 Å². The Hall–Kier alpha value is -1.83. The normalized spacial score (nSPS) is 19.6. The van der Waals surface area contributed by atoms with Crippen molar-refractivity contribution in [2.45, 2.75) is 24.3 Å². The molecule has 0 unspecified atom stereocenters. The van der Waals surface area contributed by atoms with Gasteiger partial charge in [-0.25, -0.2) is 4.18 Å². The third-order valence-electron chi connectivity index (χ3n) is 4.94. The predicted molar refractivity (Wildman–Crippen MR) is 98.1 cm³/mol. The number of aromatic hydroxyl groups is 1. The first-order chi connectivity index (χ1) is 12.8. The summed E-state index contributed by atoms with van der Waals surface area (Å²) in [5.74, 6) is -0.0878. The van der Waals surface area contributed by atoms with E-state index in [0.717, 1.165) is 0 Å². The largest absolute Gasteiger partial charge is 1.00 e. The SMILES string of the molecule is Cc1cc([O-])ccc1[C@]1(c2ccc(O)cc2C)OS(=O)(=O)c2ccccc21.[Na+]. The molecule has 1 heterocycles. The fraction of sp³-hybridized carbons (Fsp3) is 0.143. The molecule has 3 aromatic rings. The summed E-state index contributed by atoms with van der Waals surface area (Å²) in [5, 5.41) is 21.6. The first-order valence-corrected chi connectivity index (χ1v) is 9.80. The molecule has 0 aromatic heterocycles. The molecule has 3 aromatic carbocycles. The first-order valence-electron chi connectivity index (χ1n) is 8.39. The number of benzene rings is 3. The Morgan fingerprint density at radius 1 is 0.893 bits per heavy atom. The number of hydrogen-bond donors (Lipinski definition) is 1. The smallest absolute Gasteiger partial charge is 0.872 e. The van der Waals surface area contributed by atoms with Crippen molar-refractivity contribution in [3.05, 3.63) is 88.5 Å². The van der Waals surface area contributed by atoms with Crippen LogP contribution in [0.2, 0.25) is 0 Å². The van der Waals surface area contributed by atoms with Crippen molar-refractivity contribution in [1.82, 2.24) is 0 Å². The average Bonchev–Trinajstić information content (AvgIpc) is 2.84. The van der Waals surface area contributed by atoms with Gasteiger partial charge in [0.1, 0.15) is 10.6 Å². The fourth-order valence-corrected chi connectivity index (χ4v) is 5.24. The second-order valence-electron chi connectivity index (χ2n) is 6.69. The second-order valence-corrected chi connectivity index (χ2v) is 8.21. The summed E-state index contributed by atoms with van der Waals surface area (Å²) in [6, 6.07) is 15.8. The molecule has 0 spiro atoms. The summed E-state index contributed by atoms with van der Waals surface area (Å²) in [5.41, 5.74) is 1.53. The standard InChI is InChI=1S/C21H18O5S.Na/c1-13-11-15(22)7-9-17(13)21(18-10-8-16(23)12-14(18)2)19-5-3-4-6-20(19)27(24,25)26-21;/h3-12,22-23H,1-2H3;/q;+1/p-1. The summed E-state index contributed by atoms with van der Waals surface area (Å²) < 4.78 is 31.5. The molecule has 1 aliphatic heterocycles. The van der Waals surface area contributed by atoms with Crippen LogP contribution in [0.5, 0.6) is 11.5 Å². The summed E-state index contributed by atoms with van der Waals surface area (Å²) in [6.45, 7) is 3.54. The van der Waals surface area contributed by atoms with Gasteiger partial charge in [-0.3, -0.25) is 0 Å². The van der Waals surface area contributed by atoms with Gasteiger partial charge in [-0.2, -0.15) is 8.42 Å². The van der Waals surface area contributed by atoms with Crippen LogP contribution in [-0.4, -0.2) is 13.5 Å². The molecule has 0 saturated carbocycles. The summed E-state index contributed by atoms with van der Waals surface area (Å²) in [7, 11) is -4.00. The van der Waals surface area contributed by atoms with Crippen LogP contribution in [0.4, 0.5) is 0 Å². The van der Waals surface area contributed by atoms with E-state index >= 15 is 0 Å². The van der Waals surface area contributed by atoms with E-state index in [1.54, 1.807) is 50.2 Å². The first kappa shape index (κ1) is 20.9. The molecule has 1 N–H and O–H groups in total. The van der Waals surface area contributed by atoms with Gasteiger partial charge < -0.3 is 10.2 Å². The Balaban J connectivity index is 0.00000225. The molecule has 28 heavy (non-hydrogen) atoms. The number of phenolic OH excluding ortho intramolecular Hbond substituents is 1. The van der Waals surface area contributed by atoms with Gasteiger partial charge in [-0.15, -0.1) is 5.75 Å². The van der Waals surface area contributed by atoms with Crippen LogP contribution in [0.1, 0.15) is 27.8 Å². The summed E-state index contributed by atoms with van der Waals surface area (Å²) in [4.78, 5) is 0.100. The fourth-order valence-electron chi connectivity index (χ4n) is 3.83. The zero-order valence-electron chi connectivity index (χ0n) is 15.8. The maximum atomic E-state index is 12.8. The molecule has 4 rings (SSSR count). The van der Waals surface area contributed by atoms with Crippen LogP contribution in [0, 0.1) is 13.8 Å². The maximum absolute atomic E-state index is 12.8. The van der Waals surface area contributed by atoms with Crippen molar-refractivity contribution in [1.29, 1.82) is 0 Å². The Morgan fingerprint density at radius 3 is 2.14 bits per heavy atom. The van der Waals surface area contributed by atoms with Crippen LogP contribution in [0.15, 0.2) is 65.6 Å². The summed E-state index contributed by atoms with van der Waals surface area (Å²) in [6.07, 6.45) is 0. The number of hydrogen-bond acceptors (Lipinski definition) is 5. The molecule has 0 saturated heterocycles. The van der Waals surface area contributed by atoms with Gasteiger partial charge in [-0.05, 0) is 54.3 Å². The number of aryl methyl sites for hydroxylation is 2. The van der Waals surface area contributed by atoms with Gasteiger partial charge in [0.05, 0.1) is 0 Å². The minimum atomic E-state index is -4.00. The topological polar surface area (TPSA) is 86.7 Å². The van der Waals surface area contributed by atoms with Crippen LogP contribution < -0.4 is 34.7 Å². The van der Waals surface area contributed by atoms with Gasteiger partial charge in [0.2, 0.25) is 0 Å². The second kappa shape index (κ2) is 7.21. The van der Waals surface area contributed by atoms with E-state index in [4.69, 9.17) is 4.18 Å². The van der Waals surface area contributed by atoms with Crippen LogP contribution in [0.3, 0.4) is 0 Å². The van der Waals surface area contributed by atoms with E-state index < -0.39 is 15.7 Å². The zero-order chi connectivity index (χ0) is 19.4. The van der Waals surface area contributed by atoms with Gasteiger partial charge in [-0.1, -0.05) is 42.5 Å². The molecular formula is C21H17NaO5S. The number of phenols is 1. The molecule has 0 amide bonds. The van der Waals surface area contributed by atoms with Crippen molar-refractivity contribution in [2.75, 3.05) is 0 Å². The molecule has 7 heteroatoms. The minimum Gasteiger partial charge on any atom is -0.872 e. The minimum absolute atomic E-state index is 0. The monoisotopic (exact) mass is 404 g/mol. The van der Waals surface area contributed by atoms with Crippen molar-refractivity contribution in [2.24, 2.45) is 0 Å². The van der Waals surface area contributed by atoms with Gasteiger partial charge >= 0.3 is 29.6 Å². The van der Waals surface area contributed by atoms with E-state index in [1.807, 2.05) is 0 Å². The average molecular weight is 404 g/mol. The quantitative estimate of drug-likeness (QED) is 0.484. The van der Waals surface area contributed by atoms with Crippen LogP contribution >= 0.6 is 0 Å². The predicted octanol–water partition coefficient (Wildman–Crippen LogP) is 0.0974. The molecule has 1 atom stereocenters. The summed E-state index contributed by atoms with van der Waals surface area (Å²) >= 11 is 0. The molecule has 0 aliphatic carbocycles.